The van der Waals surface area contributed by atoms with Gasteiger partial charge in [-0.2, -0.15) is 0 Å². The van der Waals surface area contributed by atoms with Gasteiger partial charge < -0.3 is 15.4 Å². The highest BCUT2D eigenvalue weighted by Crippen LogP contribution is 2.34. The van der Waals surface area contributed by atoms with Gasteiger partial charge in [0.2, 0.25) is 5.91 Å². The molecule has 0 aliphatic carbocycles. The van der Waals surface area contributed by atoms with Crippen LogP contribution >= 0.6 is 0 Å². The van der Waals surface area contributed by atoms with E-state index < -0.39 is 5.41 Å². The molecule has 0 aromatic heterocycles. The zero-order valence-electron chi connectivity index (χ0n) is 15.2. The lowest BCUT2D eigenvalue weighted by Crippen LogP contribution is -2.33. The Morgan fingerprint density at radius 1 is 1.04 bits per heavy atom. The Morgan fingerprint density at radius 3 is 2.63 bits per heavy atom. The van der Waals surface area contributed by atoms with Gasteiger partial charge in [0.25, 0.3) is 5.91 Å². The van der Waals surface area contributed by atoms with Crippen molar-refractivity contribution < 1.29 is 14.3 Å². The van der Waals surface area contributed by atoms with Crippen LogP contribution in [0, 0.1) is 5.41 Å². The molecule has 3 aromatic rings. The summed E-state index contributed by atoms with van der Waals surface area (Å²) >= 11 is 0. The van der Waals surface area contributed by atoms with Crippen LogP contribution in [-0.4, -0.2) is 18.4 Å². The predicted octanol–water partition coefficient (Wildman–Crippen LogP) is 4.45. The molecule has 27 heavy (non-hydrogen) atoms. The van der Waals surface area contributed by atoms with Crippen molar-refractivity contribution in [1.82, 2.24) is 0 Å². The van der Waals surface area contributed by atoms with Gasteiger partial charge in [0.05, 0.1) is 11.1 Å². The van der Waals surface area contributed by atoms with Crippen molar-refractivity contribution in [3.63, 3.8) is 0 Å². The van der Waals surface area contributed by atoms with E-state index in [1.165, 1.54) is 0 Å². The number of anilines is 2. The van der Waals surface area contributed by atoms with E-state index in [0.29, 0.717) is 29.3 Å². The second kappa shape index (κ2) is 6.43. The second-order valence-corrected chi connectivity index (χ2v) is 7.35. The number of carbonyl (C=O) groups is 2. The molecule has 0 saturated heterocycles. The van der Waals surface area contributed by atoms with E-state index in [9.17, 15) is 9.59 Å². The fraction of sp³-hybridized carbons (Fsp3) is 0.182. The van der Waals surface area contributed by atoms with Crippen LogP contribution in [0.3, 0.4) is 0 Å². The average molecular weight is 360 g/mol. The van der Waals surface area contributed by atoms with Crippen molar-refractivity contribution >= 4 is 34.0 Å². The lowest BCUT2D eigenvalue weighted by molar-refractivity contribution is -0.124. The summed E-state index contributed by atoms with van der Waals surface area (Å²) in [5.41, 5.74) is 1.11. The quantitative estimate of drug-likeness (QED) is 0.709. The van der Waals surface area contributed by atoms with Gasteiger partial charge in [0.15, 0.2) is 0 Å². The molecule has 1 heterocycles. The molecule has 1 aliphatic heterocycles. The lowest BCUT2D eigenvalue weighted by atomic mass is 9.94. The molecule has 0 fully saturated rings. The van der Waals surface area contributed by atoms with Gasteiger partial charge in [0.1, 0.15) is 12.4 Å². The molecule has 0 saturated carbocycles. The third-order valence-corrected chi connectivity index (χ3v) is 4.70. The normalized spacial score (nSPS) is 15.3. The summed E-state index contributed by atoms with van der Waals surface area (Å²) in [7, 11) is 0. The number of hydrogen-bond donors (Lipinski definition) is 2. The Balaban J connectivity index is 1.58. The van der Waals surface area contributed by atoms with E-state index in [1.54, 1.807) is 24.3 Å². The summed E-state index contributed by atoms with van der Waals surface area (Å²) in [6, 6.07) is 18.7. The number of carbonyl (C=O) groups excluding carboxylic acids is 2. The van der Waals surface area contributed by atoms with Crippen molar-refractivity contribution in [2.24, 2.45) is 5.41 Å². The first-order valence-corrected chi connectivity index (χ1v) is 8.81. The number of rotatable bonds is 2. The molecule has 0 radical (unpaired) electrons. The number of benzene rings is 3. The van der Waals surface area contributed by atoms with E-state index in [4.69, 9.17) is 4.74 Å². The molecule has 1 aliphatic rings. The first-order valence-electron chi connectivity index (χ1n) is 8.81. The third-order valence-electron chi connectivity index (χ3n) is 4.70. The second-order valence-electron chi connectivity index (χ2n) is 7.35. The summed E-state index contributed by atoms with van der Waals surface area (Å²) in [4.78, 5) is 24.9. The van der Waals surface area contributed by atoms with Gasteiger partial charge in [-0.05, 0) is 55.0 Å². The van der Waals surface area contributed by atoms with Gasteiger partial charge in [0, 0.05) is 11.3 Å². The van der Waals surface area contributed by atoms with Crippen LogP contribution in [0.2, 0.25) is 0 Å². The van der Waals surface area contributed by atoms with E-state index in [-0.39, 0.29) is 11.8 Å². The van der Waals surface area contributed by atoms with Crippen molar-refractivity contribution in [1.29, 1.82) is 0 Å². The monoisotopic (exact) mass is 360 g/mol. The van der Waals surface area contributed by atoms with Gasteiger partial charge in [-0.25, -0.2) is 0 Å². The topological polar surface area (TPSA) is 67.4 Å². The molecule has 0 unspecified atom stereocenters. The van der Waals surface area contributed by atoms with Crippen LogP contribution < -0.4 is 15.4 Å². The molecule has 5 heteroatoms. The molecular formula is C22H20N2O3. The van der Waals surface area contributed by atoms with Crippen LogP contribution in [0.15, 0.2) is 60.7 Å². The summed E-state index contributed by atoms with van der Waals surface area (Å²) in [5.74, 6) is 0.277. The van der Waals surface area contributed by atoms with E-state index in [1.807, 2.05) is 50.2 Å². The predicted molar refractivity (Wildman–Crippen MR) is 106 cm³/mol. The van der Waals surface area contributed by atoms with Crippen molar-refractivity contribution in [3.05, 3.63) is 66.2 Å². The first-order chi connectivity index (χ1) is 12.9. The maximum atomic E-state index is 12.6. The smallest absolute Gasteiger partial charge is 0.255 e. The van der Waals surface area contributed by atoms with E-state index in [0.717, 1.165) is 10.8 Å². The average Bonchev–Trinajstić information content (AvgIpc) is 2.77. The van der Waals surface area contributed by atoms with Gasteiger partial charge in [-0.3, -0.25) is 9.59 Å². The molecular weight excluding hydrogens is 340 g/mol. The number of fused-ring (bicyclic) bond motifs is 2. The molecule has 0 spiro atoms. The van der Waals surface area contributed by atoms with E-state index >= 15 is 0 Å². The summed E-state index contributed by atoms with van der Waals surface area (Å²) in [6.07, 6.45) is 0. The molecule has 4 rings (SSSR count). The number of ether oxygens (including phenoxy) is 1. The summed E-state index contributed by atoms with van der Waals surface area (Å²) in [5, 5.41) is 7.85. The molecule has 2 amide bonds. The minimum atomic E-state index is -0.618. The molecule has 2 N–H and O–H groups in total. The van der Waals surface area contributed by atoms with Crippen LogP contribution in [0.25, 0.3) is 10.8 Å². The Kier molecular flexibility index (Phi) is 4.07. The highest BCUT2D eigenvalue weighted by molar-refractivity contribution is 6.07. The zero-order valence-corrected chi connectivity index (χ0v) is 15.2. The summed E-state index contributed by atoms with van der Waals surface area (Å²) in [6.45, 7) is 3.96. The standard InChI is InChI=1S/C22H20N2O3/c1-22(2)13-27-19-10-9-17(12-18(19)24-21(22)26)23-20(25)16-8-7-14-5-3-4-6-15(14)11-16/h3-12H,13H2,1-2H3,(H,23,25)(H,24,26). The molecule has 3 aromatic carbocycles. The van der Waals surface area contributed by atoms with Crippen LogP contribution in [-0.2, 0) is 4.79 Å². The van der Waals surface area contributed by atoms with Crippen molar-refractivity contribution in [2.75, 3.05) is 17.2 Å². The highest BCUT2D eigenvalue weighted by atomic mass is 16.5. The van der Waals surface area contributed by atoms with Crippen LogP contribution in [0.4, 0.5) is 11.4 Å². The Labute approximate surface area is 157 Å². The molecule has 0 bridgehead atoms. The first kappa shape index (κ1) is 17.1. The fourth-order valence-corrected chi connectivity index (χ4v) is 2.98. The SMILES string of the molecule is CC1(C)COc2ccc(NC(=O)c3ccc4ccccc4c3)cc2NC1=O. The van der Waals surface area contributed by atoms with Crippen molar-refractivity contribution in [2.45, 2.75) is 13.8 Å². The number of hydrogen-bond acceptors (Lipinski definition) is 3. The third kappa shape index (κ3) is 3.36. The fourth-order valence-electron chi connectivity index (χ4n) is 2.98. The maximum Gasteiger partial charge on any atom is 0.255 e. The largest absolute Gasteiger partial charge is 0.490 e. The van der Waals surface area contributed by atoms with Gasteiger partial charge in [-0.1, -0.05) is 30.3 Å². The minimum Gasteiger partial charge on any atom is -0.490 e. The Bertz CT molecular complexity index is 1060. The van der Waals surface area contributed by atoms with Crippen LogP contribution in [0.5, 0.6) is 5.75 Å². The van der Waals surface area contributed by atoms with Crippen LogP contribution in [0.1, 0.15) is 24.2 Å². The Morgan fingerprint density at radius 2 is 1.81 bits per heavy atom. The number of nitrogens with one attached hydrogen (secondary N) is 2. The zero-order chi connectivity index (χ0) is 19.0. The summed E-state index contributed by atoms with van der Waals surface area (Å²) < 4.78 is 5.73. The Hall–Kier alpha value is -3.34. The van der Waals surface area contributed by atoms with E-state index in [2.05, 4.69) is 10.6 Å². The lowest BCUT2D eigenvalue weighted by Gasteiger charge is -2.18. The highest BCUT2D eigenvalue weighted by Gasteiger charge is 2.32. The molecule has 136 valence electrons. The number of amides is 2. The molecule has 5 nitrogen and oxygen atoms in total. The van der Waals surface area contributed by atoms with Gasteiger partial charge in [-0.15, -0.1) is 0 Å². The minimum absolute atomic E-state index is 0.112. The van der Waals surface area contributed by atoms with Crippen molar-refractivity contribution in [3.8, 4) is 5.75 Å². The maximum absolute atomic E-state index is 12.6. The van der Waals surface area contributed by atoms with Gasteiger partial charge >= 0.3 is 0 Å². The molecule has 0 atom stereocenters.